The second kappa shape index (κ2) is 6.83. The van der Waals surface area contributed by atoms with Crippen molar-refractivity contribution in [2.24, 2.45) is 5.92 Å². The number of H-pyrrole nitrogens is 1. The molecule has 1 N–H and O–H groups in total. The van der Waals surface area contributed by atoms with Gasteiger partial charge in [-0.3, -0.25) is 0 Å². The van der Waals surface area contributed by atoms with Crippen LogP contribution in [0.25, 0.3) is 22.4 Å². The molecule has 0 aliphatic rings. The van der Waals surface area contributed by atoms with Gasteiger partial charge in [0, 0.05) is 17.7 Å². The van der Waals surface area contributed by atoms with Crippen molar-refractivity contribution in [3.8, 4) is 28.6 Å². The SMILES string of the molecule is COc1cc2nc(-c3cccc(OCC(C)C)c3)[nH]c2cc1OC. The summed E-state index contributed by atoms with van der Waals surface area (Å²) in [6.07, 6.45) is 0. The molecule has 1 heterocycles. The molecule has 2 aromatic carbocycles. The van der Waals surface area contributed by atoms with Gasteiger partial charge in [0.1, 0.15) is 11.6 Å². The first-order chi connectivity index (χ1) is 11.6. The highest BCUT2D eigenvalue weighted by molar-refractivity contribution is 5.83. The molecular weight excluding hydrogens is 304 g/mol. The van der Waals surface area contributed by atoms with E-state index < -0.39 is 0 Å². The lowest BCUT2D eigenvalue weighted by atomic mass is 10.2. The van der Waals surface area contributed by atoms with E-state index in [0.717, 1.165) is 28.2 Å². The summed E-state index contributed by atoms with van der Waals surface area (Å²) in [7, 11) is 3.24. The molecule has 0 aliphatic heterocycles. The summed E-state index contributed by atoms with van der Waals surface area (Å²) >= 11 is 0. The minimum absolute atomic E-state index is 0.486. The minimum atomic E-state index is 0.486. The number of hydrogen-bond acceptors (Lipinski definition) is 4. The van der Waals surface area contributed by atoms with Gasteiger partial charge in [0.05, 0.1) is 31.9 Å². The largest absolute Gasteiger partial charge is 0.493 e. The van der Waals surface area contributed by atoms with Gasteiger partial charge in [-0.05, 0) is 18.1 Å². The predicted molar refractivity (Wildman–Crippen MR) is 95.0 cm³/mol. The van der Waals surface area contributed by atoms with Crippen molar-refractivity contribution in [3.63, 3.8) is 0 Å². The molecule has 24 heavy (non-hydrogen) atoms. The molecule has 5 heteroatoms. The smallest absolute Gasteiger partial charge is 0.163 e. The molecule has 0 unspecified atom stereocenters. The third-order valence-corrected chi connectivity index (χ3v) is 3.68. The number of fused-ring (bicyclic) bond motifs is 1. The van der Waals surface area contributed by atoms with E-state index in [-0.39, 0.29) is 0 Å². The summed E-state index contributed by atoms with van der Waals surface area (Å²) in [5, 5.41) is 0. The monoisotopic (exact) mass is 326 g/mol. The summed E-state index contributed by atoms with van der Waals surface area (Å²) in [5.41, 5.74) is 2.71. The van der Waals surface area contributed by atoms with Crippen LogP contribution in [0.1, 0.15) is 13.8 Å². The number of hydrogen-bond donors (Lipinski definition) is 1. The summed E-state index contributed by atoms with van der Waals surface area (Å²) in [4.78, 5) is 7.98. The molecule has 0 fully saturated rings. The number of methoxy groups -OCH3 is 2. The van der Waals surface area contributed by atoms with Gasteiger partial charge in [-0.1, -0.05) is 26.0 Å². The van der Waals surface area contributed by atoms with Gasteiger partial charge in [-0.15, -0.1) is 0 Å². The fourth-order valence-electron chi connectivity index (χ4n) is 2.47. The van der Waals surface area contributed by atoms with E-state index in [2.05, 4.69) is 23.8 Å². The zero-order chi connectivity index (χ0) is 17.1. The van der Waals surface area contributed by atoms with E-state index in [1.54, 1.807) is 14.2 Å². The molecule has 0 bridgehead atoms. The molecule has 3 rings (SSSR count). The normalized spacial score (nSPS) is 11.0. The fraction of sp³-hybridized carbons (Fsp3) is 0.316. The van der Waals surface area contributed by atoms with Crippen molar-refractivity contribution in [1.29, 1.82) is 0 Å². The zero-order valence-electron chi connectivity index (χ0n) is 14.4. The lowest BCUT2D eigenvalue weighted by molar-refractivity contribution is 0.271. The van der Waals surface area contributed by atoms with Crippen molar-refractivity contribution < 1.29 is 14.2 Å². The van der Waals surface area contributed by atoms with Crippen LogP contribution in [-0.4, -0.2) is 30.8 Å². The Morgan fingerprint density at radius 2 is 1.79 bits per heavy atom. The van der Waals surface area contributed by atoms with Gasteiger partial charge in [0.2, 0.25) is 0 Å². The summed E-state index contributed by atoms with van der Waals surface area (Å²) < 4.78 is 16.5. The minimum Gasteiger partial charge on any atom is -0.493 e. The number of aromatic nitrogens is 2. The van der Waals surface area contributed by atoms with Crippen LogP contribution in [0.2, 0.25) is 0 Å². The van der Waals surface area contributed by atoms with E-state index in [0.29, 0.717) is 24.0 Å². The second-order valence-corrected chi connectivity index (χ2v) is 6.04. The molecule has 0 spiro atoms. The van der Waals surface area contributed by atoms with Crippen LogP contribution in [-0.2, 0) is 0 Å². The average Bonchev–Trinajstić information content (AvgIpc) is 3.01. The Labute approximate surface area is 141 Å². The van der Waals surface area contributed by atoms with Crippen molar-refractivity contribution in [2.45, 2.75) is 13.8 Å². The topological polar surface area (TPSA) is 56.4 Å². The molecular formula is C19H22N2O3. The third kappa shape index (κ3) is 3.30. The summed E-state index contributed by atoms with van der Waals surface area (Å²) in [6.45, 7) is 4.95. The number of nitrogens with one attached hydrogen (secondary N) is 1. The Balaban J connectivity index is 1.96. The Hall–Kier alpha value is -2.69. The highest BCUT2D eigenvalue weighted by Gasteiger charge is 2.11. The van der Waals surface area contributed by atoms with Gasteiger partial charge in [0.15, 0.2) is 11.5 Å². The lowest BCUT2D eigenvalue weighted by Gasteiger charge is -2.09. The molecule has 3 aromatic rings. The number of imidazole rings is 1. The Morgan fingerprint density at radius 3 is 2.50 bits per heavy atom. The molecule has 0 saturated carbocycles. The van der Waals surface area contributed by atoms with Crippen molar-refractivity contribution in [3.05, 3.63) is 36.4 Å². The lowest BCUT2D eigenvalue weighted by Crippen LogP contribution is -2.04. The second-order valence-electron chi connectivity index (χ2n) is 6.04. The number of benzene rings is 2. The van der Waals surface area contributed by atoms with E-state index in [9.17, 15) is 0 Å². The van der Waals surface area contributed by atoms with Crippen LogP contribution in [0.5, 0.6) is 17.2 Å². The van der Waals surface area contributed by atoms with E-state index >= 15 is 0 Å². The predicted octanol–water partition coefficient (Wildman–Crippen LogP) is 4.28. The van der Waals surface area contributed by atoms with Crippen LogP contribution in [0.4, 0.5) is 0 Å². The number of aromatic amines is 1. The highest BCUT2D eigenvalue weighted by atomic mass is 16.5. The maximum absolute atomic E-state index is 5.80. The maximum atomic E-state index is 5.80. The quantitative estimate of drug-likeness (QED) is 0.734. The summed E-state index contributed by atoms with van der Waals surface area (Å²) in [6, 6.07) is 11.7. The van der Waals surface area contributed by atoms with Crippen molar-refractivity contribution >= 4 is 11.0 Å². The molecule has 0 aliphatic carbocycles. The molecule has 0 atom stereocenters. The van der Waals surface area contributed by atoms with Gasteiger partial charge >= 0.3 is 0 Å². The van der Waals surface area contributed by atoms with Gasteiger partial charge < -0.3 is 19.2 Å². The third-order valence-electron chi connectivity index (χ3n) is 3.68. The van der Waals surface area contributed by atoms with Crippen molar-refractivity contribution in [1.82, 2.24) is 9.97 Å². The first-order valence-electron chi connectivity index (χ1n) is 7.95. The first kappa shape index (κ1) is 16.2. The Morgan fingerprint density at radius 1 is 1.04 bits per heavy atom. The molecule has 1 aromatic heterocycles. The summed E-state index contributed by atoms with van der Waals surface area (Å²) in [5.74, 6) is 3.46. The standard InChI is InChI=1S/C19H22N2O3/c1-12(2)11-24-14-7-5-6-13(8-14)19-20-15-9-17(22-3)18(23-4)10-16(15)21-19/h5-10,12H,11H2,1-4H3,(H,20,21). The van der Waals surface area contributed by atoms with Gasteiger partial charge in [-0.2, -0.15) is 0 Å². The average molecular weight is 326 g/mol. The van der Waals surface area contributed by atoms with Crippen molar-refractivity contribution in [2.75, 3.05) is 20.8 Å². The van der Waals surface area contributed by atoms with Crippen LogP contribution in [0.3, 0.4) is 0 Å². The number of ether oxygens (including phenoxy) is 3. The molecule has 0 saturated heterocycles. The van der Waals surface area contributed by atoms with Gasteiger partial charge in [0.25, 0.3) is 0 Å². The maximum Gasteiger partial charge on any atom is 0.163 e. The van der Waals surface area contributed by atoms with Crippen LogP contribution in [0, 0.1) is 5.92 Å². The molecule has 0 amide bonds. The molecule has 0 radical (unpaired) electrons. The first-order valence-corrected chi connectivity index (χ1v) is 7.95. The number of rotatable bonds is 6. The van der Waals surface area contributed by atoms with Gasteiger partial charge in [-0.25, -0.2) is 4.98 Å². The van der Waals surface area contributed by atoms with Crippen LogP contribution in [0.15, 0.2) is 36.4 Å². The van der Waals surface area contributed by atoms with Crippen LogP contribution < -0.4 is 14.2 Å². The van der Waals surface area contributed by atoms with E-state index in [4.69, 9.17) is 14.2 Å². The highest BCUT2D eigenvalue weighted by Crippen LogP contribution is 2.33. The van der Waals surface area contributed by atoms with E-state index in [1.807, 2.05) is 36.4 Å². The van der Waals surface area contributed by atoms with Crippen LogP contribution >= 0.6 is 0 Å². The Kier molecular flexibility index (Phi) is 4.60. The number of nitrogens with zero attached hydrogens (tertiary/aromatic N) is 1. The fourth-order valence-corrected chi connectivity index (χ4v) is 2.47. The molecule has 126 valence electrons. The zero-order valence-corrected chi connectivity index (χ0v) is 14.4. The molecule has 5 nitrogen and oxygen atoms in total. The van der Waals surface area contributed by atoms with E-state index in [1.165, 1.54) is 0 Å². The Bertz CT molecular complexity index is 799.